The molecule has 2 saturated carbocycles. The normalized spacial score (nSPS) is 37.2. The van der Waals surface area contributed by atoms with Crippen LogP contribution in [0.1, 0.15) is 53.4 Å². The molecule has 2 aliphatic carbocycles. The Bertz CT molecular complexity index is 683. The fourth-order valence-electron chi connectivity index (χ4n) is 5.99. The van der Waals surface area contributed by atoms with E-state index in [9.17, 15) is 5.11 Å². The third kappa shape index (κ3) is 3.78. The summed E-state index contributed by atoms with van der Waals surface area (Å²) in [6.07, 6.45) is 4.54. The van der Waals surface area contributed by atoms with Gasteiger partial charge in [-0.1, -0.05) is 27.2 Å². The van der Waals surface area contributed by atoms with E-state index in [1.807, 2.05) is 25.1 Å². The van der Waals surface area contributed by atoms with E-state index in [0.717, 1.165) is 35.0 Å². The Morgan fingerprint density at radius 1 is 1.07 bits per heavy atom. The highest BCUT2D eigenvalue weighted by atomic mass is 32.2. The Kier molecular flexibility index (Phi) is 6.02. The SMILES string of the molecule is COc1cc(OC)cc(SC[C@H]2[C@@](C)(O)[C@H](N)C[C@H]3C(C)(C)CCC[C@@]32C)c1. The van der Waals surface area contributed by atoms with Crippen LogP contribution in [0.3, 0.4) is 0 Å². The number of fused-ring (bicyclic) bond motifs is 1. The molecule has 0 saturated heterocycles. The van der Waals surface area contributed by atoms with Gasteiger partial charge in [0.1, 0.15) is 11.5 Å². The Labute approximate surface area is 174 Å². The van der Waals surface area contributed by atoms with E-state index in [1.54, 1.807) is 26.0 Å². The van der Waals surface area contributed by atoms with Crippen LogP contribution in [0.4, 0.5) is 0 Å². The monoisotopic (exact) mass is 407 g/mol. The summed E-state index contributed by atoms with van der Waals surface area (Å²) in [6, 6.07) is 5.77. The van der Waals surface area contributed by atoms with Gasteiger partial charge in [-0.05, 0) is 55.1 Å². The van der Waals surface area contributed by atoms with Crippen molar-refractivity contribution in [2.45, 2.75) is 69.9 Å². The molecule has 158 valence electrons. The highest BCUT2D eigenvalue weighted by molar-refractivity contribution is 7.99. The van der Waals surface area contributed by atoms with Crippen molar-refractivity contribution in [3.63, 3.8) is 0 Å². The maximum atomic E-state index is 11.5. The average Bonchev–Trinajstić information content (AvgIpc) is 2.63. The van der Waals surface area contributed by atoms with Crippen LogP contribution in [0.25, 0.3) is 0 Å². The van der Waals surface area contributed by atoms with Gasteiger partial charge in [-0.2, -0.15) is 0 Å². The highest BCUT2D eigenvalue weighted by Gasteiger charge is 2.60. The molecule has 3 N–H and O–H groups in total. The zero-order chi connectivity index (χ0) is 20.7. The van der Waals surface area contributed by atoms with Crippen LogP contribution in [0.5, 0.6) is 11.5 Å². The fraction of sp³-hybridized carbons (Fsp3) is 0.739. The second kappa shape index (κ2) is 7.73. The Balaban J connectivity index is 1.90. The Hall–Kier alpha value is -0.910. The number of aliphatic hydroxyl groups is 1. The summed E-state index contributed by atoms with van der Waals surface area (Å²) in [5.41, 5.74) is 6.05. The summed E-state index contributed by atoms with van der Waals surface area (Å²) < 4.78 is 10.8. The predicted octanol–water partition coefficient (Wildman–Crippen LogP) is 4.73. The summed E-state index contributed by atoms with van der Waals surface area (Å²) >= 11 is 1.77. The number of hydrogen-bond acceptors (Lipinski definition) is 5. The second-order valence-corrected chi connectivity index (χ2v) is 11.0. The van der Waals surface area contributed by atoms with Crippen molar-refractivity contribution in [3.05, 3.63) is 18.2 Å². The van der Waals surface area contributed by atoms with Crippen molar-refractivity contribution >= 4 is 11.8 Å². The molecule has 0 heterocycles. The minimum absolute atomic E-state index is 0.0943. The molecule has 1 aromatic carbocycles. The molecule has 0 bridgehead atoms. The maximum Gasteiger partial charge on any atom is 0.123 e. The van der Waals surface area contributed by atoms with E-state index in [-0.39, 0.29) is 22.8 Å². The summed E-state index contributed by atoms with van der Waals surface area (Å²) in [7, 11) is 3.34. The van der Waals surface area contributed by atoms with Crippen LogP contribution in [0.15, 0.2) is 23.1 Å². The smallest absolute Gasteiger partial charge is 0.123 e. The van der Waals surface area contributed by atoms with Crippen LogP contribution in [0, 0.1) is 22.7 Å². The van der Waals surface area contributed by atoms with E-state index in [1.165, 1.54) is 12.8 Å². The van der Waals surface area contributed by atoms with Crippen LogP contribution in [-0.4, -0.2) is 36.7 Å². The van der Waals surface area contributed by atoms with Crippen LogP contribution >= 0.6 is 11.8 Å². The standard InChI is InChI=1S/C23H37NO3S/c1-21(2)8-7-9-22(3)18(21)13-20(24)23(4,25)19(22)14-28-17-11-15(26-5)10-16(12-17)27-6/h10-12,18-20,25H,7-9,13-14,24H2,1-6H3/t18-,19+,20+,22-,23+/m0/s1. The molecule has 0 aliphatic heterocycles. The Morgan fingerprint density at radius 2 is 1.68 bits per heavy atom. The fourth-order valence-corrected chi connectivity index (χ4v) is 7.47. The van der Waals surface area contributed by atoms with Gasteiger partial charge in [0.15, 0.2) is 0 Å². The van der Waals surface area contributed by atoms with Gasteiger partial charge < -0.3 is 20.3 Å². The number of nitrogens with two attached hydrogens (primary N) is 1. The summed E-state index contributed by atoms with van der Waals surface area (Å²) in [4.78, 5) is 1.10. The van der Waals surface area contributed by atoms with E-state index in [2.05, 4.69) is 20.8 Å². The average molecular weight is 408 g/mol. The first-order valence-corrected chi connectivity index (χ1v) is 11.4. The van der Waals surface area contributed by atoms with Gasteiger partial charge >= 0.3 is 0 Å². The van der Waals surface area contributed by atoms with Crippen molar-refractivity contribution in [1.29, 1.82) is 0 Å². The van der Waals surface area contributed by atoms with E-state index in [0.29, 0.717) is 5.92 Å². The first-order chi connectivity index (χ1) is 13.0. The Morgan fingerprint density at radius 3 is 2.25 bits per heavy atom. The van der Waals surface area contributed by atoms with Crippen molar-refractivity contribution in [3.8, 4) is 11.5 Å². The topological polar surface area (TPSA) is 64.7 Å². The van der Waals surface area contributed by atoms with E-state index >= 15 is 0 Å². The minimum Gasteiger partial charge on any atom is -0.497 e. The zero-order valence-corrected chi connectivity index (χ0v) is 19.1. The molecule has 0 unspecified atom stereocenters. The van der Waals surface area contributed by atoms with Crippen LogP contribution in [-0.2, 0) is 0 Å². The summed E-state index contributed by atoms with van der Waals surface area (Å²) in [5.74, 6) is 3.08. The third-order valence-corrected chi connectivity index (χ3v) is 8.83. The van der Waals surface area contributed by atoms with E-state index < -0.39 is 5.60 Å². The van der Waals surface area contributed by atoms with Gasteiger partial charge in [0.05, 0.1) is 19.8 Å². The van der Waals surface area contributed by atoms with Crippen molar-refractivity contribution in [2.75, 3.05) is 20.0 Å². The van der Waals surface area contributed by atoms with Crippen molar-refractivity contribution in [2.24, 2.45) is 28.4 Å². The number of thioether (sulfide) groups is 1. The van der Waals surface area contributed by atoms with Crippen LogP contribution < -0.4 is 15.2 Å². The molecular weight excluding hydrogens is 370 g/mol. The quantitative estimate of drug-likeness (QED) is 0.691. The van der Waals surface area contributed by atoms with Gasteiger partial charge in [-0.3, -0.25) is 0 Å². The molecule has 0 amide bonds. The molecule has 1 aromatic rings. The molecule has 0 radical (unpaired) electrons. The lowest BCUT2D eigenvalue weighted by Gasteiger charge is -2.62. The molecule has 4 nitrogen and oxygen atoms in total. The van der Waals surface area contributed by atoms with Gasteiger partial charge in [0.25, 0.3) is 0 Å². The molecule has 5 atom stereocenters. The molecule has 2 aliphatic rings. The first-order valence-electron chi connectivity index (χ1n) is 10.4. The third-order valence-electron chi connectivity index (χ3n) is 7.76. The zero-order valence-electron chi connectivity index (χ0n) is 18.2. The predicted molar refractivity (Wildman–Crippen MR) is 116 cm³/mol. The number of hydrogen-bond donors (Lipinski definition) is 2. The molecule has 5 heteroatoms. The number of rotatable bonds is 5. The second-order valence-electron chi connectivity index (χ2n) is 9.88. The highest BCUT2D eigenvalue weighted by Crippen LogP contribution is 2.62. The first kappa shape index (κ1) is 21.8. The van der Waals surface area contributed by atoms with Gasteiger partial charge in [0, 0.05) is 28.7 Å². The molecule has 0 aromatic heterocycles. The lowest BCUT2D eigenvalue weighted by Crippen LogP contribution is -2.66. The molecular formula is C23H37NO3S. The maximum absolute atomic E-state index is 11.5. The number of benzene rings is 1. The van der Waals surface area contributed by atoms with Crippen molar-refractivity contribution in [1.82, 2.24) is 0 Å². The molecule has 3 rings (SSSR count). The van der Waals surface area contributed by atoms with Gasteiger partial charge in [-0.25, -0.2) is 0 Å². The summed E-state index contributed by atoms with van der Waals surface area (Å²) in [5, 5.41) is 11.5. The van der Waals surface area contributed by atoms with E-state index in [4.69, 9.17) is 15.2 Å². The van der Waals surface area contributed by atoms with Crippen molar-refractivity contribution < 1.29 is 14.6 Å². The lowest BCUT2D eigenvalue weighted by atomic mass is 9.45. The molecule has 0 spiro atoms. The van der Waals surface area contributed by atoms with Gasteiger partial charge in [0.2, 0.25) is 0 Å². The summed E-state index contributed by atoms with van der Waals surface area (Å²) in [6.45, 7) is 9.13. The molecule has 28 heavy (non-hydrogen) atoms. The number of methoxy groups -OCH3 is 2. The number of ether oxygens (including phenoxy) is 2. The minimum atomic E-state index is -0.866. The lowest BCUT2D eigenvalue weighted by molar-refractivity contribution is -0.168. The largest absolute Gasteiger partial charge is 0.497 e. The molecule has 2 fully saturated rings. The van der Waals surface area contributed by atoms with Crippen LogP contribution in [0.2, 0.25) is 0 Å². The van der Waals surface area contributed by atoms with Gasteiger partial charge in [-0.15, -0.1) is 11.8 Å².